The number of carbonyl (C=O) groups excluding carboxylic acids is 1. The Bertz CT molecular complexity index is 920. The molecule has 0 unspecified atom stereocenters. The van der Waals surface area contributed by atoms with E-state index in [0.29, 0.717) is 5.56 Å². The van der Waals surface area contributed by atoms with Gasteiger partial charge in [0.15, 0.2) is 0 Å². The monoisotopic (exact) mass is 385 g/mol. The highest BCUT2D eigenvalue weighted by atomic mass is 32.2. The molecule has 0 heterocycles. The topological polar surface area (TPSA) is 72.5 Å². The summed E-state index contributed by atoms with van der Waals surface area (Å²) in [5, 5.41) is 0. The van der Waals surface area contributed by atoms with E-state index in [1.165, 1.54) is 49.6 Å². The highest BCUT2D eigenvalue weighted by Crippen LogP contribution is 2.35. The lowest BCUT2D eigenvalue weighted by Gasteiger charge is -2.14. The van der Waals surface area contributed by atoms with Crippen LogP contribution in [0.15, 0.2) is 59.5 Å². The van der Waals surface area contributed by atoms with Gasteiger partial charge in [-0.25, -0.2) is 13.2 Å². The van der Waals surface area contributed by atoms with E-state index in [2.05, 4.69) is 4.74 Å². The average molecular weight is 385 g/mol. The molecule has 0 fully saturated rings. The number of sulfonamides is 1. The zero-order chi connectivity index (χ0) is 19.4. The molecule has 0 aliphatic carbocycles. The van der Waals surface area contributed by atoms with Crippen LogP contribution < -0.4 is 4.72 Å². The van der Waals surface area contributed by atoms with Gasteiger partial charge in [-0.3, -0.25) is 4.72 Å². The summed E-state index contributed by atoms with van der Waals surface area (Å²) < 4.78 is 70.0. The predicted octanol–water partition coefficient (Wildman–Crippen LogP) is 3.69. The van der Waals surface area contributed by atoms with Crippen LogP contribution in [0.3, 0.4) is 0 Å². The molecule has 26 heavy (non-hydrogen) atoms. The molecule has 2 aromatic rings. The van der Waals surface area contributed by atoms with Gasteiger partial charge in [0.1, 0.15) is 0 Å². The van der Waals surface area contributed by atoms with Crippen molar-refractivity contribution in [3.8, 4) is 0 Å². The fourth-order valence-corrected chi connectivity index (χ4v) is 3.09. The number of hydrogen-bond acceptors (Lipinski definition) is 4. The smallest absolute Gasteiger partial charge is 0.418 e. The van der Waals surface area contributed by atoms with E-state index in [1.54, 1.807) is 0 Å². The third-order valence-corrected chi connectivity index (χ3v) is 4.66. The summed E-state index contributed by atoms with van der Waals surface area (Å²) in [5.41, 5.74) is -1.12. The summed E-state index contributed by atoms with van der Waals surface area (Å²) in [6.07, 6.45) is -2.13. The molecule has 0 saturated heterocycles. The van der Waals surface area contributed by atoms with Crippen molar-refractivity contribution < 1.29 is 31.1 Å². The molecule has 0 aliphatic rings. The van der Waals surface area contributed by atoms with Gasteiger partial charge in [0.05, 0.1) is 23.3 Å². The SMILES string of the molecule is COC(=O)/C=C/c1ccc(S(=O)(=O)Nc2ccccc2C(F)(F)F)cc1. The summed E-state index contributed by atoms with van der Waals surface area (Å²) in [7, 11) is -3.00. The molecule has 0 spiro atoms. The fourth-order valence-electron chi connectivity index (χ4n) is 2.01. The quantitative estimate of drug-likeness (QED) is 0.629. The maximum Gasteiger partial charge on any atom is 0.418 e. The molecule has 2 aromatic carbocycles. The third kappa shape index (κ3) is 4.85. The minimum atomic E-state index is -4.69. The van der Waals surface area contributed by atoms with Crippen LogP contribution in [-0.2, 0) is 25.7 Å². The normalized spacial score (nSPS) is 12.2. The van der Waals surface area contributed by atoms with Crippen molar-refractivity contribution in [3.05, 3.63) is 65.7 Å². The summed E-state index contributed by atoms with van der Waals surface area (Å²) >= 11 is 0. The number of anilines is 1. The Labute approximate surface area is 148 Å². The van der Waals surface area contributed by atoms with E-state index in [4.69, 9.17) is 0 Å². The first-order chi connectivity index (χ1) is 12.1. The molecule has 2 rings (SSSR count). The Morgan fingerprint density at radius 2 is 1.69 bits per heavy atom. The standard InChI is InChI=1S/C17H14F3NO4S/c1-25-16(22)11-8-12-6-9-13(10-7-12)26(23,24)21-15-5-3-2-4-14(15)17(18,19)20/h2-11,21H,1H3/b11-8+. The number of para-hydroxylation sites is 1. The Kier molecular flexibility index (Phi) is 5.71. The van der Waals surface area contributed by atoms with Gasteiger partial charge in [0, 0.05) is 6.08 Å². The number of esters is 1. The van der Waals surface area contributed by atoms with Crippen LogP contribution in [0.2, 0.25) is 0 Å². The van der Waals surface area contributed by atoms with Crippen LogP contribution in [-0.4, -0.2) is 21.5 Å². The van der Waals surface area contributed by atoms with Gasteiger partial charge in [0.2, 0.25) is 0 Å². The van der Waals surface area contributed by atoms with Gasteiger partial charge in [-0.05, 0) is 35.9 Å². The average Bonchev–Trinajstić information content (AvgIpc) is 2.59. The number of benzene rings is 2. The first-order valence-corrected chi connectivity index (χ1v) is 8.67. The zero-order valence-electron chi connectivity index (χ0n) is 13.4. The van der Waals surface area contributed by atoms with E-state index in [1.807, 2.05) is 4.72 Å². The molecule has 0 aliphatic heterocycles. The lowest BCUT2D eigenvalue weighted by Crippen LogP contribution is -2.17. The Morgan fingerprint density at radius 1 is 1.08 bits per heavy atom. The number of methoxy groups -OCH3 is 1. The molecular formula is C17H14F3NO4S. The summed E-state index contributed by atoms with van der Waals surface area (Å²) in [6.45, 7) is 0. The first-order valence-electron chi connectivity index (χ1n) is 7.18. The second kappa shape index (κ2) is 7.61. The number of ether oxygens (including phenoxy) is 1. The Morgan fingerprint density at radius 3 is 2.27 bits per heavy atom. The van der Waals surface area contributed by atoms with Gasteiger partial charge in [-0.15, -0.1) is 0 Å². The van der Waals surface area contributed by atoms with E-state index >= 15 is 0 Å². The predicted molar refractivity (Wildman–Crippen MR) is 89.7 cm³/mol. The van der Waals surface area contributed by atoms with Crippen molar-refractivity contribution in [2.75, 3.05) is 11.8 Å². The van der Waals surface area contributed by atoms with Crippen molar-refractivity contribution in [1.82, 2.24) is 0 Å². The minimum Gasteiger partial charge on any atom is -0.466 e. The van der Waals surface area contributed by atoms with Gasteiger partial charge in [-0.2, -0.15) is 13.2 Å². The number of alkyl halides is 3. The lowest BCUT2D eigenvalue weighted by atomic mass is 10.2. The molecular weight excluding hydrogens is 371 g/mol. The molecule has 0 saturated carbocycles. The Balaban J connectivity index is 2.27. The molecule has 0 bridgehead atoms. The molecule has 0 atom stereocenters. The number of halogens is 3. The molecule has 0 radical (unpaired) electrons. The maximum atomic E-state index is 13.0. The van der Waals surface area contributed by atoms with Crippen molar-refractivity contribution >= 4 is 27.8 Å². The van der Waals surface area contributed by atoms with Crippen molar-refractivity contribution in [1.29, 1.82) is 0 Å². The van der Waals surface area contributed by atoms with Crippen LogP contribution in [0.5, 0.6) is 0 Å². The van der Waals surface area contributed by atoms with E-state index in [0.717, 1.165) is 18.2 Å². The van der Waals surface area contributed by atoms with Crippen molar-refractivity contribution in [2.45, 2.75) is 11.1 Å². The third-order valence-electron chi connectivity index (χ3n) is 3.28. The lowest BCUT2D eigenvalue weighted by molar-refractivity contribution is -0.137. The highest BCUT2D eigenvalue weighted by Gasteiger charge is 2.34. The van der Waals surface area contributed by atoms with Crippen LogP contribution in [0.1, 0.15) is 11.1 Å². The van der Waals surface area contributed by atoms with Crippen molar-refractivity contribution in [3.63, 3.8) is 0 Å². The summed E-state index contributed by atoms with van der Waals surface area (Å²) in [4.78, 5) is 10.8. The molecule has 0 aromatic heterocycles. The van der Waals surface area contributed by atoms with Crippen LogP contribution in [0.25, 0.3) is 6.08 Å². The summed E-state index contributed by atoms with van der Waals surface area (Å²) in [6, 6.07) is 9.54. The highest BCUT2D eigenvalue weighted by molar-refractivity contribution is 7.92. The summed E-state index contributed by atoms with van der Waals surface area (Å²) in [5.74, 6) is -0.577. The van der Waals surface area contributed by atoms with Crippen LogP contribution in [0, 0.1) is 0 Å². The second-order valence-corrected chi connectivity index (χ2v) is 6.76. The van der Waals surface area contributed by atoms with E-state index < -0.39 is 33.4 Å². The maximum absolute atomic E-state index is 13.0. The van der Waals surface area contributed by atoms with E-state index in [-0.39, 0.29) is 4.90 Å². The largest absolute Gasteiger partial charge is 0.466 e. The first kappa shape index (κ1) is 19.5. The molecule has 5 nitrogen and oxygen atoms in total. The second-order valence-electron chi connectivity index (χ2n) is 5.07. The molecule has 138 valence electrons. The van der Waals surface area contributed by atoms with Gasteiger partial charge >= 0.3 is 12.1 Å². The zero-order valence-corrected chi connectivity index (χ0v) is 14.3. The molecule has 9 heteroatoms. The van der Waals surface area contributed by atoms with Gasteiger partial charge in [0.25, 0.3) is 10.0 Å². The Hall–Kier alpha value is -2.81. The van der Waals surface area contributed by atoms with Crippen LogP contribution in [0.4, 0.5) is 18.9 Å². The fraction of sp³-hybridized carbons (Fsp3) is 0.118. The molecule has 1 N–H and O–H groups in total. The number of carbonyl (C=O) groups is 1. The number of hydrogen-bond donors (Lipinski definition) is 1. The van der Waals surface area contributed by atoms with E-state index in [9.17, 15) is 26.4 Å². The van der Waals surface area contributed by atoms with Gasteiger partial charge in [-0.1, -0.05) is 24.3 Å². The number of nitrogens with one attached hydrogen (secondary N) is 1. The van der Waals surface area contributed by atoms with Gasteiger partial charge < -0.3 is 4.74 Å². The molecule has 0 amide bonds. The van der Waals surface area contributed by atoms with Crippen LogP contribution >= 0.6 is 0 Å². The number of rotatable bonds is 5. The van der Waals surface area contributed by atoms with Crippen molar-refractivity contribution in [2.24, 2.45) is 0 Å². The minimum absolute atomic E-state index is 0.218.